The maximum atomic E-state index is 5.73. The summed E-state index contributed by atoms with van der Waals surface area (Å²) in [5.74, 6) is 0. The Kier molecular flexibility index (Phi) is 5.17. The standard InChI is InChI=1S/C8H14Cl4O/c1-7(2,5(9)10)13-8(3,4)6(11)12/h5-6H,1-4H3. The van der Waals surface area contributed by atoms with Crippen molar-refractivity contribution in [2.45, 2.75) is 48.6 Å². The second-order valence-electron chi connectivity index (χ2n) is 3.91. The third-order valence-corrected chi connectivity index (χ3v) is 3.68. The molecule has 5 heteroatoms. The maximum Gasteiger partial charge on any atom is 0.136 e. The van der Waals surface area contributed by atoms with E-state index in [1.807, 2.05) is 0 Å². The Hall–Kier alpha value is 1.12. The van der Waals surface area contributed by atoms with Gasteiger partial charge in [-0.15, -0.1) is 46.4 Å². The zero-order valence-electron chi connectivity index (χ0n) is 8.07. The number of hydrogen-bond acceptors (Lipinski definition) is 1. The topological polar surface area (TPSA) is 9.23 Å². The number of alkyl halides is 4. The van der Waals surface area contributed by atoms with Gasteiger partial charge in [0.2, 0.25) is 0 Å². The molecular weight excluding hydrogens is 254 g/mol. The van der Waals surface area contributed by atoms with Crippen LogP contribution < -0.4 is 0 Å². The van der Waals surface area contributed by atoms with Gasteiger partial charge >= 0.3 is 0 Å². The van der Waals surface area contributed by atoms with Gasteiger partial charge < -0.3 is 4.74 Å². The molecule has 0 rings (SSSR count). The summed E-state index contributed by atoms with van der Waals surface area (Å²) in [5, 5.41) is 0. The minimum Gasteiger partial charge on any atom is -0.364 e. The van der Waals surface area contributed by atoms with Gasteiger partial charge in [0.05, 0.1) is 11.2 Å². The van der Waals surface area contributed by atoms with Crippen molar-refractivity contribution in [2.24, 2.45) is 0 Å². The van der Waals surface area contributed by atoms with Gasteiger partial charge in [0, 0.05) is 0 Å². The molecule has 13 heavy (non-hydrogen) atoms. The molecule has 0 fully saturated rings. The molecule has 0 aromatic heterocycles. The molecule has 0 saturated heterocycles. The zero-order chi connectivity index (χ0) is 10.9. The fourth-order valence-electron chi connectivity index (χ4n) is 0.767. The Morgan fingerprint density at radius 1 is 0.769 bits per heavy atom. The summed E-state index contributed by atoms with van der Waals surface area (Å²) in [6.45, 7) is 7.15. The highest BCUT2D eigenvalue weighted by Crippen LogP contribution is 2.33. The molecule has 80 valence electrons. The molecule has 0 aromatic carbocycles. The highest BCUT2D eigenvalue weighted by atomic mass is 35.5. The lowest BCUT2D eigenvalue weighted by Gasteiger charge is -2.37. The molecule has 0 aliphatic carbocycles. The molecule has 0 spiro atoms. The van der Waals surface area contributed by atoms with Crippen LogP contribution >= 0.6 is 46.4 Å². The summed E-state index contributed by atoms with van der Waals surface area (Å²) in [4.78, 5) is -1.25. The summed E-state index contributed by atoms with van der Waals surface area (Å²) >= 11 is 22.9. The van der Waals surface area contributed by atoms with Crippen LogP contribution in [0.2, 0.25) is 0 Å². The SMILES string of the molecule is CC(C)(OC(C)(C)C(Cl)Cl)C(Cl)Cl. The molecule has 0 unspecified atom stereocenters. The van der Waals surface area contributed by atoms with E-state index in [-0.39, 0.29) is 0 Å². The normalized spacial score (nSPS) is 14.3. The summed E-state index contributed by atoms with van der Waals surface area (Å²) < 4.78 is 5.62. The quantitative estimate of drug-likeness (QED) is 0.695. The zero-order valence-corrected chi connectivity index (χ0v) is 11.1. The predicted molar refractivity (Wildman–Crippen MR) is 60.2 cm³/mol. The van der Waals surface area contributed by atoms with Gasteiger partial charge in [0.1, 0.15) is 9.67 Å². The van der Waals surface area contributed by atoms with Gasteiger partial charge in [-0.3, -0.25) is 0 Å². The summed E-state index contributed by atoms with van der Waals surface area (Å²) in [5.41, 5.74) is -1.34. The van der Waals surface area contributed by atoms with Gasteiger partial charge in [-0.2, -0.15) is 0 Å². The van der Waals surface area contributed by atoms with Crippen molar-refractivity contribution < 1.29 is 4.74 Å². The number of rotatable bonds is 4. The lowest BCUT2D eigenvalue weighted by Crippen LogP contribution is -2.44. The fourth-order valence-corrected chi connectivity index (χ4v) is 0.945. The fraction of sp³-hybridized carbons (Fsp3) is 1.00. The summed E-state index contributed by atoms with van der Waals surface area (Å²) in [6.07, 6.45) is 0. The maximum absolute atomic E-state index is 5.73. The molecule has 0 atom stereocenters. The predicted octanol–water partition coefficient (Wildman–Crippen LogP) is 4.17. The van der Waals surface area contributed by atoms with E-state index in [9.17, 15) is 0 Å². The highest BCUT2D eigenvalue weighted by Gasteiger charge is 2.37. The van der Waals surface area contributed by atoms with Crippen molar-refractivity contribution in [3.05, 3.63) is 0 Å². The van der Waals surface area contributed by atoms with Gasteiger partial charge in [-0.25, -0.2) is 0 Å². The van der Waals surface area contributed by atoms with Crippen LogP contribution in [0.1, 0.15) is 27.7 Å². The molecule has 0 aliphatic rings. The minimum absolute atomic E-state index is 0.626. The Labute approximate surface area is 99.6 Å². The molecule has 0 aromatic rings. The average molecular weight is 268 g/mol. The first-order chi connectivity index (χ1) is 5.59. The van der Waals surface area contributed by atoms with Gasteiger partial charge in [0.25, 0.3) is 0 Å². The minimum atomic E-state index is -0.672. The monoisotopic (exact) mass is 266 g/mol. The van der Waals surface area contributed by atoms with Crippen LogP contribution in [0.5, 0.6) is 0 Å². The lowest BCUT2D eigenvalue weighted by atomic mass is 10.1. The van der Waals surface area contributed by atoms with E-state index < -0.39 is 20.9 Å². The molecule has 0 saturated carbocycles. The Balaban J connectivity index is 4.42. The lowest BCUT2D eigenvalue weighted by molar-refractivity contribution is -0.107. The van der Waals surface area contributed by atoms with E-state index >= 15 is 0 Å². The Morgan fingerprint density at radius 2 is 1.00 bits per heavy atom. The second kappa shape index (κ2) is 4.76. The molecular formula is C8H14Cl4O. The molecule has 0 amide bonds. The van der Waals surface area contributed by atoms with Crippen molar-refractivity contribution in [1.82, 2.24) is 0 Å². The molecule has 0 aliphatic heterocycles. The molecule has 0 radical (unpaired) electrons. The molecule has 0 N–H and O–H groups in total. The third-order valence-electron chi connectivity index (χ3n) is 1.58. The van der Waals surface area contributed by atoms with Crippen molar-refractivity contribution in [3.63, 3.8) is 0 Å². The van der Waals surface area contributed by atoms with Crippen LogP contribution in [-0.4, -0.2) is 20.9 Å². The van der Waals surface area contributed by atoms with Gasteiger partial charge in [-0.1, -0.05) is 0 Å². The van der Waals surface area contributed by atoms with E-state index in [1.165, 1.54) is 0 Å². The van der Waals surface area contributed by atoms with Crippen LogP contribution in [0.25, 0.3) is 0 Å². The highest BCUT2D eigenvalue weighted by molar-refractivity contribution is 6.45. The largest absolute Gasteiger partial charge is 0.364 e. The Morgan fingerprint density at radius 3 is 1.15 bits per heavy atom. The third kappa shape index (κ3) is 4.44. The van der Waals surface area contributed by atoms with Crippen LogP contribution in [0.4, 0.5) is 0 Å². The molecule has 0 heterocycles. The van der Waals surface area contributed by atoms with Crippen molar-refractivity contribution in [3.8, 4) is 0 Å². The van der Waals surface area contributed by atoms with E-state index in [0.717, 1.165) is 0 Å². The van der Waals surface area contributed by atoms with E-state index in [2.05, 4.69) is 0 Å². The van der Waals surface area contributed by atoms with E-state index in [1.54, 1.807) is 27.7 Å². The number of halogens is 4. The van der Waals surface area contributed by atoms with Crippen LogP contribution in [-0.2, 0) is 4.74 Å². The van der Waals surface area contributed by atoms with Crippen LogP contribution in [0.3, 0.4) is 0 Å². The van der Waals surface area contributed by atoms with Crippen molar-refractivity contribution in [2.75, 3.05) is 0 Å². The summed E-state index contributed by atoms with van der Waals surface area (Å²) in [7, 11) is 0. The van der Waals surface area contributed by atoms with E-state index in [0.29, 0.717) is 0 Å². The Bertz CT molecular complexity index is 148. The van der Waals surface area contributed by atoms with Crippen LogP contribution in [0, 0.1) is 0 Å². The van der Waals surface area contributed by atoms with Crippen molar-refractivity contribution in [1.29, 1.82) is 0 Å². The first-order valence-electron chi connectivity index (χ1n) is 3.86. The molecule has 0 bridgehead atoms. The number of hydrogen-bond donors (Lipinski definition) is 0. The second-order valence-corrected chi connectivity index (χ2v) is 6.10. The molecule has 1 nitrogen and oxygen atoms in total. The summed E-state index contributed by atoms with van der Waals surface area (Å²) in [6, 6.07) is 0. The van der Waals surface area contributed by atoms with Crippen molar-refractivity contribution >= 4 is 46.4 Å². The van der Waals surface area contributed by atoms with Gasteiger partial charge in [-0.05, 0) is 27.7 Å². The average Bonchev–Trinajstić information content (AvgIpc) is 1.83. The van der Waals surface area contributed by atoms with Crippen LogP contribution in [0.15, 0.2) is 0 Å². The first-order valence-corrected chi connectivity index (χ1v) is 5.60. The smallest absolute Gasteiger partial charge is 0.136 e. The van der Waals surface area contributed by atoms with E-state index in [4.69, 9.17) is 51.1 Å². The number of ether oxygens (including phenoxy) is 1. The van der Waals surface area contributed by atoms with Gasteiger partial charge in [0.15, 0.2) is 0 Å². The first kappa shape index (κ1) is 14.1.